The maximum atomic E-state index is 13.2. The third-order valence-electron chi connectivity index (χ3n) is 5.51. The normalized spacial score (nSPS) is 14.1. The lowest BCUT2D eigenvalue weighted by Gasteiger charge is -2.26. The quantitative estimate of drug-likeness (QED) is 0.484. The van der Waals surface area contributed by atoms with Crippen molar-refractivity contribution >= 4 is 22.5 Å². The summed E-state index contributed by atoms with van der Waals surface area (Å²) in [6, 6.07) is 10.1. The van der Waals surface area contributed by atoms with Crippen LogP contribution in [0.4, 0.5) is 8.78 Å². The lowest BCUT2D eigenvalue weighted by molar-refractivity contribution is -0.0498. The van der Waals surface area contributed by atoms with Crippen molar-refractivity contribution in [3.63, 3.8) is 0 Å². The Morgan fingerprint density at radius 2 is 2.12 bits per heavy atom. The van der Waals surface area contributed by atoms with E-state index < -0.39 is 6.61 Å². The van der Waals surface area contributed by atoms with Crippen molar-refractivity contribution < 1.29 is 18.3 Å². The molecule has 1 amide bonds. The van der Waals surface area contributed by atoms with Crippen LogP contribution in [0, 0.1) is 0 Å². The molecule has 1 aliphatic heterocycles. The fourth-order valence-electron chi connectivity index (χ4n) is 3.99. The molecule has 0 saturated carbocycles. The number of aromatic amines is 2. The number of H-pyrrole nitrogens is 2. The first-order valence-corrected chi connectivity index (χ1v) is 10.1. The number of amides is 1. The van der Waals surface area contributed by atoms with Gasteiger partial charge >= 0.3 is 6.61 Å². The Morgan fingerprint density at radius 1 is 1.22 bits per heavy atom. The molecule has 0 radical (unpaired) electrons. The largest absolute Gasteiger partial charge is 0.435 e. The number of aromatic nitrogens is 4. The Balaban J connectivity index is 1.36. The lowest BCUT2D eigenvalue weighted by Crippen LogP contribution is -2.34. The molecule has 7 nitrogen and oxygen atoms in total. The SMILES string of the molecule is O=C(c1cn[nH]c1-c1cccc(OC(F)F)c1)N1CC=C(c2c[nH]c3ncccc23)CC1. The molecule has 2 N–H and O–H groups in total. The molecule has 4 heterocycles. The van der Waals surface area contributed by atoms with Crippen LogP contribution in [0.15, 0.2) is 61.1 Å². The van der Waals surface area contributed by atoms with E-state index in [1.165, 1.54) is 18.3 Å². The second kappa shape index (κ2) is 8.26. The molecular formula is C23H19F2N5O2. The number of halogens is 2. The number of hydrogen-bond acceptors (Lipinski definition) is 4. The molecule has 0 unspecified atom stereocenters. The molecule has 0 bridgehead atoms. The number of nitrogens with one attached hydrogen (secondary N) is 2. The molecular weight excluding hydrogens is 416 g/mol. The van der Waals surface area contributed by atoms with Crippen LogP contribution in [0.25, 0.3) is 27.9 Å². The van der Waals surface area contributed by atoms with Gasteiger partial charge in [0.25, 0.3) is 5.91 Å². The first-order valence-electron chi connectivity index (χ1n) is 10.1. The summed E-state index contributed by atoms with van der Waals surface area (Å²) in [6.07, 6.45) is 7.91. The summed E-state index contributed by atoms with van der Waals surface area (Å²) in [7, 11) is 0. The lowest BCUT2D eigenvalue weighted by atomic mass is 9.99. The number of fused-ring (bicyclic) bond motifs is 1. The van der Waals surface area contributed by atoms with Crippen LogP contribution in [-0.4, -0.2) is 50.7 Å². The highest BCUT2D eigenvalue weighted by molar-refractivity contribution is 6.00. The van der Waals surface area contributed by atoms with Crippen LogP contribution >= 0.6 is 0 Å². The molecule has 0 atom stereocenters. The van der Waals surface area contributed by atoms with E-state index in [1.54, 1.807) is 23.2 Å². The summed E-state index contributed by atoms with van der Waals surface area (Å²) in [5.41, 5.74) is 4.49. The zero-order valence-corrected chi connectivity index (χ0v) is 16.9. The van der Waals surface area contributed by atoms with E-state index in [0.29, 0.717) is 36.3 Å². The van der Waals surface area contributed by atoms with Crippen molar-refractivity contribution in [3.8, 4) is 17.0 Å². The van der Waals surface area contributed by atoms with Gasteiger partial charge in [-0.1, -0.05) is 18.2 Å². The predicted molar refractivity (Wildman–Crippen MR) is 115 cm³/mol. The monoisotopic (exact) mass is 435 g/mol. The minimum atomic E-state index is -2.92. The van der Waals surface area contributed by atoms with Gasteiger partial charge in [-0.05, 0) is 36.3 Å². The van der Waals surface area contributed by atoms with Crippen LogP contribution in [0.5, 0.6) is 5.75 Å². The summed E-state index contributed by atoms with van der Waals surface area (Å²) in [5, 5.41) is 7.87. The van der Waals surface area contributed by atoms with E-state index in [0.717, 1.165) is 22.2 Å². The standard InChI is InChI=1S/C23H19F2N5O2/c24-23(25)32-16-4-1-3-15(11-16)20-19(13-28-29-20)22(31)30-9-6-14(7-10-30)18-12-27-21-17(18)5-2-8-26-21/h1-6,8,11-13,23H,7,9-10H2,(H,26,27)(H,28,29). The van der Waals surface area contributed by atoms with Crippen LogP contribution in [0.1, 0.15) is 22.3 Å². The number of nitrogens with zero attached hydrogens (tertiary/aromatic N) is 3. The number of hydrogen-bond donors (Lipinski definition) is 2. The van der Waals surface area contributed by atoms with Crippen molar-refractivity contribution in [2.45, 2.75) is 13.0 Å². The first kappa shape index (κ1) is 19.9. The summed E-state index contributed by atoms with van der Waals surface area (Å²) < 4.78 is 29.6. The Hall–Kier alpha value is -4.01. The highest BCUT2D eigenvalue weighted by Crippen LogP contribution is 2.30. The van der Waals surface area contributed by atoms with E-state index in [9.17, 15) is 13.6 Å². The number of ether oxygens (including phenoxy) is 1. The number of benzene rings is 1. The van der Waals surface area contributed by atoms with E-state index in [2.05, 4.69) is 24.9 Å². The molecule has 162 valence electrons. The molecule has 0 spiro atoms. The highest BCUT2D eigenvalue weighted by atomic mass is 19.3. The average molecular weight is 435 g/mol. The van der Waals surface area contributed by atoms with Crippen molar-refractivity contribution in [2.75, 3.05) is 13.1 Å². The van der Waals surface area contributed by atoms with Crippen molar-refractivity contribution in [2.24, 2.45) is 0 Å². The maximum Gasteiger partial charge on any atom is 0.387 e. The topological polar surface area (TPSA) is 86.9 Å². The molecule has 3 aromatic heterocycles. The van der Waals surface area contributed by atoms with Gasteiger partial charge in [-0.2, -0.15) is 13.9 Å². The summed E-state index contributed by atoms with van der Waals surface area (Å²) in [5.74, 6) is -0.158. The zero-order chi connectivity index (χ0) is 22.1. The molecule has 0 aliphatic carbocycles. The Bertz CT molecular complexity index is 1310. The van der Waals surface area contributed by atoms with Gasteiger partial charge in [0.2, 0.25) is 0 Å². The summed E-state index contributed by atoms with van der Waals surface area (Å²) in [6.45, 7) is -1.91. The van der Waals surface area contributed by atoms with Gasteiger partial charge in [0.1, 0.15) is 11.4 Å². The predicted octanol–water partition coefficient (Wildman–Crippen LogP) is 4.48. The van der Waals surface area contributed by atoms with Crippen molar-refractivity contribution in [1.82, 2.24) is 25.1 Å². The fourth-order valence-corrected chi connectivity index (χ4v) is 3.99. The zero-order valence-electron chi connectivity index (χ0n) is 16.9. The maximum absolute atomic E-state index is 13.2. The van der Waals surface area contributed by atoms with Crippen molar-refractivity contribution in [3.05, 3.63) is 72.2 Å². The minimum Gasteiger partial charge on any atom is -0.435 e. The molecule has 0 fully saturated rings. The highest BCUT2D eigenvalue weighted by Gasteiger charge is 2.24. The summed E-state index contributed by atoms with van der Waals surface area (Å²) in [4.78, 5) is 22.4. The molecule has 1 aliphatic rings. The van der Waals surface area contributed by atoms with Crippen molar-refractivity contribution in [1.29, 1.82) is 0 Å². The number of alkyl halides is 2. The van der Waals surface area contributed by atoms with E-state index in [4.69, 9.17) is 0 Å². The van der Waals surface area contributed by atoms with Gasteiger partial charge < -0.3 is 14.6 Å². The van der Waals surface area contributed by atoms with Gasteiger partial charge in [0.05, 0.1) is 17.5 Å². The second-order valence-corrected chi connectivity index (χ2v) is 7.40. The molecule has 4 aromatic rings. The van der Waals surface area contributed by atoms with E-state index in [-0.39, 0.29) is 11.7 Å². The van der Waals surface area contributed by atoms with Gasteiger partial charge in [-0.15, -0.1) is 0 Å². The Kier molecular flexibility index (Phi) is 5.14. The van der Waals surface area contributed by atoms with Crippen LogP contribution in [-0.2, 0) is 0 Å². The van der Waals surface area contributed by atoms with Gasteiger partial charge in [-0.25, -0.2) is 4.98 Å². The Morgan fingerprint density at radius 3 is 2.94 bits per heavy atom. The minimum absolute atomic E-state index is 0.0178. The van der Waals surface area contributed by atoms with E-state index >= 15 is 0 Å². The van der Waals surface area contributed by atoms with Crippen LogP contribution < -0.4 is 4.74 Å². The van der Waals surface area contributed by atoms with Gasteiger partial charge in [0, 0.05) is 42.0 Å². The number of rotatable bonds is 5. The number of pyridine rings is 1. The average Bonchev–Trinajstić information content (AvgIpc) is 3.46. The summed E-state index contributed by atoms with van der Waals surface area (Å²) >= 11 is 0. The van der Waals surface area contributed by atoms with Gasteiger partial charge in [0.15, 0.2) is 0 Å². The second-order valence-electron chi connectivity index (χ2n) is 7.40. The molecule has 0 saturated heterocycles. The van der Waals surface area contributed by atoms with Crippen LogP contribution in [0.2, 0.25) is 0 Å². The Labute approximate surface area is 181 Å². The molecule has 1 aromatic carbocycles. The molecule has 9 heteroatoms. The number of carbonyl (C=O) groups is 1. The molecule has 32 heavy (non-hydrogen) atoms. The third kappa shape index (κ3) is 3.73. The van der Waals surface area contributed by atoms with E-state index in [1.807, 2.05) is 24.4 Å². The third-order valence-corrected chi connectivity index (χ3v) is 5.51. The fraction of sp³-hybridized carbons (Fsp3) is 0.174. The van der Waals surface area contributed by atoms with Crippen LogP contribution in [0.3, 0.4) is 0 Å². The first-order chi connectivity index (χ1) is 15.6. The smallest absolute Gasteiger partial charge is 0.387 e. The molecule has 5 rings (SSSR count). The number of carbonyl (C=O) groups excluding carboxylic acids is 1. The van der Waals surface area contributed by atoms with Gasteiger partial charge in [-0.3, -0.25) is 9.89 Å².